The molecule has 1 aliphatic rings. The van der Waals surface area contributed by atoms with Crippen LogP contribution >= 0.6 is 0 Å². The van der Waals surface area contributed by atoms with Crippen LogP contribution < -0.4 is 10.6 Å². The Balaban J connectivity index is 2.00. The number of nitrogens with two attached hydrogens (primary N) is 1. The van der Waals surface area contributed by atoms with E-state index in [0.29, 0.717) is 18.8 Å². The third-order valence-electron chi connectivity index (χ3n) is 2.83. The van der Waals surface area contributed by atoms with E-state index in [9.17, 15) is 9.59 Å². The van der Waals surface area contributed by atoms with Gasteiger partial charge in [0.2, 0.25) is 5.91 Å². The van der Waals surface area contributed by atoms with Gasteiger partial charge in [-0.1, -0.05) is 0 Å². The minimum atomic E-state index is -0.436. The van der Waals surface area contributed by atoms with Crippen LogP contribution in [0.3, 0.4) is 0 Å². The van der Waals surface area contributed by atoms with E-state index < -0.39 is 6.09 Å². The molecule has 1 saturated heterocycles. The molecule has 1 fully saturated rings. The standard InChI is InChI=1S/C12H15N3O3/c1-14(10-4-2-9(13)3-5-10)11(16)8-15-6-7-18-12(15)17/h2-5H,6-8,13H2,1H3. The number of carbonyl (C=O) groups is 2. The van der Waals surface area contributed by atoms with Gasteiger partial charge in [-0.3, -0.25) is 9.69 Å². The van der Waals surface area contributed by atoms with E-state index in [-0.39, 0.29) is 12.5 Å². The van der Waals surface area contributed by atoms with Gasteiger partial charge in [-0.15, -0.1) is 0 Å². The second kappa shape index (κ2) is 4.95. The van der Waals surface area contributed by atoms with Gasteiger partial charge in [0.05, 0.1) is 6.54 Å². The third-order valence-corrected chi connectivity index (χ3v) is 2.83. The van der Waals surface area contributed by atoms with Crippen LogP contribution in [0, 0.1) is 0 Å². The lowest BCUT2D eigenvalue weighted by Gasteiger charge is -2.20. The van der Waals surface area contributed by atoms with Gasteiger partial charge in [0.1, 0.15) is 13.2 Å². The molecule has 2 N–H and O–H groups in total. The Labute approximate surface area is 105 Å². The first-order valence-corrected chi connectivity index (χ1v) is 5.62. The van der Waals surface area contributed by atoms with Gasteiger partial charge < -0.3 is 15.4 Å². The number of carbonyl (C=O) groups excluding carboxylic acids is 2. The number of nitrogens with zero attached hydrogens (tertiary/aromatic N) is 2. The molecule has 0 aliphatic carbocycles. The quantitative estimate of drug-likeness (QED) is 0.799. The first-order valence-electron chi connectivity index (χ1n) is 5.62. The second-order valence-corrected chi connectivity index (χ2v) is 4.08. The summed E-state index contributed by atoms with van der Waals surface area (Å²) in [6.45, 7) is 0.831. The van der Waals surface area contributed by atoms with Crippen LogP contribution in [0.4, 0.5) is 16.2 Å². The Morgan fingerprint density at radius 3 is 2.67 bits per heavy atom. The van der Waals surface area contributed by atoms with Crippen LogP contribution in [-0.2, 0) is 9.53 Å². The average Bonchev–Trinajstić information content (AvgIpc) is 2.75. The number of cyclic esters (lactones) is 1. The van der Waals surface area contributed by atoms with Gasteiger partial charge in [-0.25, -0.2) is 4.79 Å². The summed E-state index contributed by atoms with van der Waals surface area (Å²) in [4.78, 5) is 26.1. The van der Waals surface area contributed by atoms with Gasteiger partial charge in [0.15, 0.2) is 0 Å². The third kappa shape index (κ3) is 2.53. The van der Waals surface area contributed by atoms with Crippen molar-refractivity contribution in [2.75, 3.05) is 37.4 Å². The average molecular weight is 249 g/mol. The van der Waals surface area contributed by atoms with E-state index >= 15 is 0 Å². The Bertz CT molecular complexity index is 458. The van der Waals surface area contributed by atoms with Gasteiger partial charge in [0.25, 0.3) is 0 Å². The van der Waals surface area contributed by atoms with Crippen molar-refractivity contribution in [1.82, 2.24) is 4.90 Å². The summed E-state index contributed by atoms with van der Waals surface area (Å²) in [5.74, 6) is -0.168. The molecular formula is C12H15N3O3. The summed E-state index contributed by atoms with van der Waals surface area (Å²) >= 11 is 0. The topological polar surface area (TPSA) is 75.9 Å². The zero-order chi connectivity index (χ0) is 13.1. The molecule has 1 heterocycles. The Morgan fingerprint density at radius 1 is 1.44 bits per heavy atom. The number of benzene rings is 1. The molecule has 0 bridgehead atoms. The molecule has 0 atom stereocenters. The van der Waals surface area contributed by atoms with Crippen LogP contribution in [0.5, 0.6) is 0 Å². The number of ether oxygens (including phenoxy) is 1. The first-order chi connectivity index (χ1) is 8.58. The first kappa shape index (κ1) is 12.2. The molecular weight excluding hydrogens is 234 g/mol. The maximum atomic E-state index is 12.0. The molecule has 18 heavy (non-hydrogen) atoms. The summed E-state index contributed by atoms with van der Waals surface area (Å²) in [5, 5.41) is 0. The van der Waals surface area contributed by atoms with Crippen LogP contribution in [0.25, 0.3) is 0 Å². The summed E-state index contributed by atoms with van der Waals surface area (Å²) in [5.41, 5.74) is 6.96. The normalized spacial score (nSPS) is 14.5. The van der Waals surface area contributed by atoms with E-state index in [1.165, 1.54) is 9.80 Å². The molecule has 1 aliphatic heterocycles. The highest BCUT2D eigenvalue weighted by Gasteiger charge is 2.25. The Kier molecular flexibility index (Phi) is 3.36. The van der Waals surface area contributed by atoms with Crippen molar-refractivity contribution in [3.8, 4) is 0 Å². The molecule has 6 heteroatoms. The number of amides is 2. The predicted molar refractivity (Wildman–Crippen MR) is 67.2 cm³/mol. The van der Waals surface area contributed by atoms with Gasteiger partial charge in [-0.05, 0) is 24.3 Å². The second-order valence-electron chi connectivity index (χ2n) is 4.08. The zero-order valence-electron chi connectivity index (χ0n) is 10.1. The lowest BCUT2D eigenvalue weighted by Crippen LogP contribution is -2.38. The van der Waals surface area contributed by atoms with Crippen LogP contribution in [0.1, 0.15) is 0 Å². The smallest absolute Gasteiger partial charge is 0.410 e. The molecule has 0 spiro atoms. The van der Waals surface area contributed by atoms with Gasteiger partial charge in [0, 0.05) is 18.4 Å². The molecule has 2 amide bonds. The van der Waals surface area contributed by atoms with Crippen molar-refractivity contribution in [1.29, 1.82) is 0 Å². The van der Waals surface area contributed by atoms with E-state index in [4.69, 9.17) is 10.5 Å². The molecule has 0 saturated carbocycles. The fourth-order valence-electron chi connectivity index (χ4n) is 1.68. The maximum Gasteiger partial charge on any atom is 0.410 e. The summed E-state index contributed by atoms with van der Waals surface area (Å²) in [7, 11) is 1.66. The van der Waals surface area contributed by atoms with Crippen molar-refractivity contribution >= 4 is 23.4 Å². The maximum absolute atomic E-state index is 12.0. The fraction of sp³-hybridized carbons (Fsp3) is 0.333. The monoisotopic (exact) mass is 249 g/mol. The number of hydrogen-bond donors (Lipinski definition) is 1. The molecule has 0 aromatic heterocycles. The van der Waals surface area contributed by atoms with E-state index in [1.807, 2.05) is 0 Å². The molecule has 2 rings (SSSR count). The van der Waals surface area contributed by atoms with Gasteiger partial charge >= 0.3 is 6.09 Å². The van der Waals surface area contributed by atoms with Crippen molar-refractivity contribution in [2.24, 2.45) is 0 Å². The fourth-order valence-corrected chi connectivity index (χ4v) is 1.68. The van der Waals surface area contributed by atoms with Crippen molar-refractivity contribution in [3.05, 3.63) is 24.3 Å². The van der Waals surface area contributed by atoms with E-state index in [2.05, 4.69) is 0 Å². The largest absolute Gasteiger partial charge is 0.448 e. The molecule has 1 aromatic carbocycles. The van der Waals surface area contributed by atoms with Crippen LogP contribution in [0.2, 0.25) is 0 Å². The predicted octanol–water partition coefficient (Wildman–Crippen LogP) is 0.684. The summed E-state index contributed by atoms with van der Waals surface area (Å²) < 4.78 is 4.77. The highest BCUT2D eigenvalue weighted by atomic mass is 16.6. The van der Waals surface area contributed by atoms with Crippen molar-refractivity contribution < 1.29 is 14.3 Å². The Hall–Kier alpha value is -2.24. The lowest BCUT2D eigenvalue weighted by molar-refractivity contribution is -0.118. The number of anilines is 2. The molecule has 0 unspecified atom stereocenters. The Morgan fingerprint density at radius 2 is 2.11 bits per heavy atom. The molecule has 1 aromatic rings. The van der Waals surface area contributed by atoms with E-state index in [1.54, 1.807) is 31.3 Å². The number of hydrogen-bond acceptors (Lipinski definition) is 4. The molecule has 0 radical (unpaired) electrons. The number of likely N-dealkylation sites (N-methyl/N-ethyl adjacent to an activating group) is 1. The summed E-state index contributed by atoms with van der Waals surface area (Å²) in [6, 6.07) is 6.97. The SMILES string of the molecule is CN(C(=O)CN1CCOC1=O)c1ccc(N)cc1. The van der Waals surface area contributed by atoms with Crippen molar-refractivity contribution in [2.45, 2.75) is 0 Å². The molecule has 96 valence electrons. The van der Waals surface area contributed by atoms with Crippen molar-refractivity contribution in [3.63, 3.8) is 0 Å². The number of nitrogen functional groups attached to an aromatic ring is 1. The van der Waals surface area contributed by atoms with E-state index in [0.717, 1.165) is 5.69 Å². The van der Waals surface area contributed by atoms with Gasteiger partial charge in [-0.2, -0.15) is 0 Å². The van der Waals surface area contributed by atoms with Crippen LogP contribution in [-0.4, -0.2) is 43.6 Å². The summed E-state index contributed by atoms with van der Waals surface area (Å²) in [6.07, 6.45) is -0.436. The molecule has 6 nitrogen and oxygen atoms in total. The lowest BCUT2D eigenvalue weighted by atomic mass is 10.2. The highest BCUT2D eigenvalue weighted by molar-refractivity contribution is 5.95. The minimum absolute atomic E-state index is 0.0275. The zero-order valence-corrected chi connectivity index (χ0v) is 10.1. The van der Waals surface area contributed by atoms with Crippen LogP contribution in [0.15, 0.2) is 24.3 Å². The number of rotatable bonds is 3. The minimum Gasteiger partial charge on any atom is -0.448 e. The highest BCUT2D eigenvalue weighted by Crippen LogP contribution is 2.15.